The summed E-state index contributed by atoms with van der Waals surface area (Å²) < 4.78 is 26.9. The fourth-order valence-electron chi connectivity index (χ4n) is 3.73. The first-order valence-corrected chi connectivity index (χ1v) is 11.2. The van der Waals surface area contributed by atoms with Gasteiger partial charge < -0.3 is 10.2 Å². The van der Waals surface area contributed by atoms with Crippen LogP contribution in [-0.4, -0.2) is 50.0 Å². The average Bonchev–Trinajstić information content (AvgIpc) is 3.02. The van der Waals surface area contributed by atoms with E-state index in [1.165, 1.54) is 33.0 Å². The summed E-state index contributed by atoms with van der Waals surface area (Å²) in [5, 5.41) is 2.62. The van der Waals surface area contributed by atoms with E-state index in [9.17, 15) is 22.8 Å². The number of sulfonamides is 1. The van der Waals surface area contributed by atoms with Crippen molar-refractivity contribution >= 4 is 39.0 Å². The molecule has 1 aliphatic heterocycles. The van der Waals surface area contributed by atoms with Gasteiger partial charge in [0, 0.05) is 37.0 Å². The Kier molecular flexibility index (Phi) is 6.28. The molecule has 31 heavy (non-hydrogen) atoms. The average molecular weight is 444 g/mol. The minimum absolute atomic E-state index is 0.0419. The Morgan fingerprint density at radius 2 is 1.84 bits per heavy atom. The van der Waals surface area contributed by atoms with Crippen LogP contribution in [-0.2, 0) is 26.0 Å². The molecule has 1 aliphatic rings. The number of rotatable bonds is 6. The molecule has 0 saturated heterocycles. The molecule has 1 atom stereocenters. The lowest BCUT2D eigenvalue weighted by Gasteiger charge is -2.21. The Morgan fingerprint density at radius 1 is 1.13 bits per heavy atom. The number of fused-ring (bicyclic) bond motifs is 1. The Balaban J connectivity index is 1.74. The van der Waals surface area contributed by atoms with Gasteiger partial charge in [-0.25, -0.2) is 8.42 Å². The zero-order chi connectivity index (χ0) is 22.9. The molecule has 2 aromatic rings. The summed E-state index contributed by atoms with van der Waals surface area (Å²) in [4.78, 5) is 37.5. The van der Waals surface area contributed by atoms with Crippen LogP contribution < -0.4 is 10.2 Å². The SMILES string of the molecule is CC(=O)c1cccc(NC(=O)CN(C)S(=O)(=O)c2ccc3c(c2)C[C@@H](C)N3C(C)=O)c1. The van der Waals surface area contributed by atoms with Crippen LogP contribution in [0.25, 0.3) is 0 Å². The van der Waals surface area contributed by atoms with E-state index in [1.807, 2.05) is 6.92 Å². The molecule has 1 heterocycles. The molecule has 2 aromatic carbocycles. The number of carbonyl (C=O) groups is 3. The van der Waals surface area contributed by atoms with E-state index < -0.39 is 15.9 Å². The highest BCUT2D eigenvalue weighted by molar-refractivity contribution is 7.89. The number of benzene rings is 2. The molecular weight excluding hydrogens is 418 g/mol. The van der Waals surface area contributed by atoms with Crippen molar-refractivity contribution in [2.24, 2.45) is 0 Å². The predicted molar refractivity (Wildman–Crippen MR) is 118 cm³/mol. The van der Waals surface area contributed by atoms with Crippen molar-refractivity contribution in [3.05, 3.63) is 53.6 Å². The first kappa shape index (κ1) is 22.6. The number of nitrogens with zero attached hydrogens (tertiary/aromatic N) is 2. The van der Waals surface area contributed by atoms with E-state index in [2.05, 4.69) is 5.32 Å². The summed E-state index contributed by atoms with van der Waals surface area (Å²) in [5.74, 6) is -0.751. The van der Waals surface area contributed by atoms with Crippen molar-refractivity contribution in [1.29, 1.82) is 0 Å². The summed E-state index contributed by atoms with van der Waals surface area (Å²) in [5.41, 5.74) is 2.36. The third-order valence-electron chi connectivity index (χ3n) is 5.23. The van der Waals surface area contributed by atoms with Gasteiger partial charge in [0.2, 0.25) is 21.8 Å². The predicted octanol–water partition coefficient (Wildman–Crippen LogP) is 2.45. The van der Waals surface area contributed by atoms with E-state index in [0.717, 1.165) is 9.87 Å². The lowest BCUT2D eigenvalue weighted by Crippen LogP contribution is -2.35. The van der Waals surface area contributed by atoms with Gasteiger partial charge in [-0.15, -0.1) is 0 Å². The molecule has 2 amide bonds. The van der Waals surface area contributed by atoms with Gasteiger partial charge >= 0.3 is 0 Å². The Bertz CT molecular complexity index is 1160. The van der Waals surface area contributed by atoms with Crippen LogP contribution in [0.5, 0.6) is 0 Å². The molecule has 0 aliphatic carbocycles. The molecular formula is C22H25N3O5S. The van der Waals surface area contributed by atoms with Crippen molar-refractivity contribution in [2.75, 3.05) is 23.8 Å². The molecule has 9 heteroatoms. The number of amides is 2. The number of anilines is 2. The summed E-state index contributed by atoms with van der Waals surface area (Å²) >= 11 is 0. The zero-order valence-electron chi connectivity index (χ0n) is 17.9. The van der Waals surface area contributed by atoms with Gasteiger partial charge in [-0.1, -0.05) is 12.1 Å². The molecule has 3 rings (SSSR count). The quantitative estimate of drug-likeness (QED) is 0.691. The number of Topliss-reactive ketones (excluding diaryl/α,β-unsaturated/α-hetero) is 1. The molecule has 0 unspecified atom stereocenters. The van der Waals surface area contributed by atoms with Gasteiger partial charge in [0.25, 0.3) is 0 Å². The minimum Gasteiger partial charge on any atom is -0.325 e. The van der Waals surface area contributed by atoms with Crippen molar-refractivity contribution in [3.8, 4) is 0 Å². The van der Waals surface area contributed by atoms with Gasteiger partial charge in [-0.05, 0) is 56.2 Å². The largest absolute Gasteiger partial charge is 0.325 e. The maximum Gasteiger partial charge on any atom is 0.243 e. The molecule has 0 saturated carbocycles. The normalized spacial score (nSPS) is 15.6. The number of nitrogens with one attached hydrogen (secondary N) is 1. The van der Waals surface area contributed by atoms with Crippen LogP contribution in [0.15, 0.2) is 47.4 Å². The van der Waals surface area contributed by atoms with Crippen LogP contribution >= 0.6 is 0 Å². The standard InChI is InChI=1S/C22H25N3O5S/c1-14-10-18-12-20(8-9-21(18)25(14)16(3)27)31(29,30)24(4)13-22(28)23-19-7-5-6-17(11-19)15(2)26/h5-9,11-12,14H,10,13H2,1-4H3,(H,23,28)/t14-/m1/s1. The number of hydrogen-bond acceptors (Lipinski definition) is 5. The monoisotopic (exact) mass is 443 g/mol. The Labute approximate surface area is 181 Å². The third kappa shape index (κ3) is 4.67. The molecule has 0 spiro atoms. The van der Waals surface area contributed by atoms with Crippen molar-refractivity contribution in [2.45, 2.75) is 38.1 Å². The highest BCUT2D eigenvalue weighted by atomic mass is 32.2. The Morgan fingerprint density at radius 3 is 2.48 bits per heavy atom. The van der Waals surface area contributed by atoms with Crippen molar-refractivity contribution in [3.63, 3.8) is 0 Å². The lowest BCUT2D eigenvalue weighted by molar-refractivity contribution is -0.117. The fourth-order valence-corrected chi connectivity index (χ4v) is 4.91. The second-order valence-corrected chi connectivity index (χ2v) is 9.72. The van der Waals surface area contributed by atoms with Gasteiger partial charge in [-0.2, -0.15) is 4.31 Å². The minimum atomic E-state index is -3.91. The maximum atomic E-state index is 13.0. The van der Waals surface area contributed by atoms with E-state index in [0.29, 0.717) is 23.4 Å². The number of hydrogen-bond donors (Lipinski definition) is 1. The summed E-state index contributed by atoms with van der Waals surface area (Å²) in [7, 11) is -2.58. The lowest BCUT2D eigenvalue weighted by atomic mass is 10.1. The molecule has 8 nitrogen and oxygen atoms in total. The smallest absolute Gasteiger partial charge is 0.243 e. The molecule has 0 aromatic heterocycles. The fraction of sp³-hybridized carbons (Fsp3) is 0.318. The van der Waals surface area contributed by atoms with Gasteiger partial charge in [0.05, 0.1) is 11.4 Å². The first-order chi connectivity index (χ1) is 14.5. The highest BCUT2D eigenvalue weighted by Crippen LogP contribution is 2.34. The second-order valence-electron chi connectivity index (χ2n) is 7.68. The third-order valence-corrected chi connectivity index (χ3v) is 7.03. The topological polar surface area (TPSA) is 104 Å². The van der Waals surface area contributed by atoms with Crippen LogP contribution in [0.4, 0.5) is 11.4 Å². The second kappa shape index (κ2) is 8.60. The Hall–Kier alpha value is -3.04. The molecule has 1 N–H and O–H groups in total. The maximum absolute atomic E-state index is 13.0. The number of carbonyl (C=O) groups excluding carboxylic acids is 3. The van der Waals surface area contributed by atoms with E-state index in [-0.39, 0.29) is 29.2 Å². The van der Waals surface area contributed by atoms with Gasteiger partial charge in [-0.3, -0.25) is 14.4 Å². The molecule has 0 fully saturated rings. The van der Waals surface area contributed by atoms with Gasteiger partial charge in [0.1, 0.15) is 0 Å². The van der Waals surface area contributed by atoms with Crippen LogP contribution in [0.1, 0.15) is 36.7 Å². The van der Waals surface area contributed by atoms with E-state index >= 15 is 0 Å². The summed E-state index contributed by atoms with van der Waals surface area (Å²) in [6.07, 6.45) is 0.564. The van der Waals surface area contributed by atoms with Gasteiger partial charge in [0.15, 0.2) is 5.78 Å². The summed E-state index contributed by atoms with van der Waals surface area (Å²) in [6, 6.07) is 11.0. The number of ketones is 1. The van der Waals surface area contributed by atoms with E-state index in [4.69, 9.17) is 0 Å². The zero-order valence-corrected chi connectivity index (χ0v) is 18.7. The van der Waals surface area contributed by atoms with Crippen LogP contribution in [0, 0.1) is 0 Å². The molecule has 0 radical (unpaired) electrons. The summed E-state index contributed by atoms with van der Waals surface area (Å²) in [6.45, 7) is 4.43. The van der Waals surface area contributed by atoms with Crippen molar-refractivity contribution in [1.82, 2.24) is 4.31 Å². The molecule has 164 valence electrons. The molecule has 0 bridgehead atoms. The van der Waals surface area contributed by atoms with E-state index in [1.54, 1.807) is 35.2 Å². The highest BCUT2D eigenvalue weighted by Gasteiger charge is 2.31. The van der Waals surface area contributed by atoms with Crippen molar-refractivity contribution < 1.29 is 22.8 Å². The van der Waals surface area contributed by atoms with Crippen LogP contribution in [0.3, 0.4) is 0 Å². The number of likely N-dealkylation sites (N-methyl/N-ethyl adjacent to an activating group) is 1. The first-order valence-electron chi connectivity index (χ1n) is 9.80. The van der Waals surface area contributed by atoms with Crippen LogP contribution in [0.2, 0.25) is 0 Å².